The Morgan fingerprint density at radius 3 is 2.46 bits per heavy atom. The van der Waals surface area contributed by atoms with E-state index in [9.17, 15) is 9.59 Å². The van der Waals surface area contributed by atoms with Crippen molar-refractivity contribution in [1.82, 2.24) is 19.9 Å². The van der Waals surface area contributed by atoms with E-state index in [-0.39, 0.29) is 18.0 Å². The minimum atomic E-state index is -0.275. The Hall–Kier alpha value is -3.02. The van der Waals surface area contributed by atoms with Crippen LogP contribution in [0.5, 0.6) is 0 Å². The van der Waals surface area contributed by atoms with Gasteiger partial charge in [-0.15, -0.1) is 5.10 Å². The normalized spacial score (nSPS) is 15.3. The minimum absolute atomic E-state index is 0.0628. The Balaban J connectivity index is 1.43. The van der Waals surface area contributed by atoms with E-state index in [1.54, 1.807) is 18.2 Å². The number of carbonyl (C=O) groups excluding carboxylic acids is 1. The second-order valence-electron chi connectivity index (χ2n) is 6.64. The van der Waals surface area contributed by atoms with Crippen LogP contribution in [-0.2, 0) is 11.3 Å². The number of carbonyl (C=O) groups is 1. The molecule has 132 valence electrons. The van der Waals surface area contributed by atoms with Crippen molar-refractivity contribution in [1.29, 1.82) is 0 Å². The molecule has 0 saturated carbocycles. The third-order valence-corrected chi connectivity index (χ3v) is 5.03. The lowest BCUT2D eigenvalue weighted by molar-refractivity contribution is -0.133. The van der Waals surface area contributed by atoms with Crippen molar-refractivity contribution in [3.63, 3.8) is 0 Å². The minimum Gasteiger partial charge on any atom is -0.341 e. The van der Waals surface area contributed by atoms with E-state index < -0.39 is 0 Å². The fourth-order valence-electron chi connectivity index (χ4n) is 3.54. The van der Waals surface area contributed by atoms with Crippen molar-refractivity contribution in [3.05, 3.63) is 70.5 Å². The second kappa shape index (κ2) is 7.07. The van der Waals surface area contributed by atoms with Crippen LogP contribution in [0.4, 0.5) is 0 Å². The lowest BCUT2D eigenvalue weighted by Crippen LogP contribution is -2.41. The zero-order valence-electron chi connectivity index (χ0n) is 14.4. The number of hydrogen-bond acceptors (Lipinski definition) is 4. The third kappa shape index (κ3) is 3.22. The van der Waals surface area contributed by atoms with Crippen LogP contribution in [0.2, 0.25) is 0 Å². The Labute approximate surface area is 151 Å². The highest BCUT2D eigenvalue weighted by Gasteiger charge is 2.24. The zero-order chi connectivity index (χ0) is 17.9. The molecule has 1 aliphatic rings. The first-order chi connectivity index (χ1) is 12.7. The number of nitrogens with zero attached hydrogens (tertiary/aromatic N) is 4. The SMILES string of the molecule is O=C(Cn1nnc2ccccc2c1=O)N1CCC(c2ccccc2)CC1. The van der Waals surface area contributed by atoms with Crippen molar-refractivity contribution in [2.45, 2.75) is 25.3 Å². The summed E-state index contributed by atoms with van der Waals surface area (Å²) in [6.45, 7) is 1.34. The van der Waals surface area contributed by atoms with Crippen molar-refractivity contribution in [2.75, 3.05) is 13.1 Å². The second-order valence-corrected chi connectivity index (χ2v) is 6.64. The van der Waals surface area contributed by atoms with Crippen molar-refractivity contribution >= 4 is 16.8 Å². The highest BCUT2D eigenvalue weighted by Crippen LogP contribution is 2.27. The molecule has 6 nitrogen and oxygen atoms in total. The monoisotopic (exact) mass is 348 g/mol. The number of benzene rings is 2. The van der Waals surface area contributed by atoms with Gasteiger partial charge >= 0.3 is 0 Å². The standard InChI is InChI=1S/C20H20N4O2/c25-19(14-24-20(26)17-8-4-5-9-18(17)21-22-24)23-12-10-16(11-13-23)15-6-2-1-3-7-15/h1-9,16H,10-14H2. The smallest absolute Gasteiger partial charge is 0.278 e. The maximum absolute atomic E-state index is 12.6. The fraction of sp³-hybridized carbons (Fsp3) is 0.300. The molecule has 1 fully saturated rings. The molecule has 0 unspecified atom stereocenters. The van der Waals surface area contributed by atoms with Crippen LogP contribution in [-0.4, -0.2) is 38.9 Å². The summed E-state index contributed by atoms with van der Waals surface area (Å²) in [5.74, 6) is 0.409. The fourth-order valence-corrected chi connectivity index (χ4v) is 3.54. The molecule has 26 heavy (non-hydrogen) atoms. The molecule has 4 rings (SSSR count). The zero-order valence-corrected chi connectivity index (χ0v) is 14.4. The Morgan fingerprint density at radius 1 is 1.00 bits per heavy atom. The predicted octanol–water partition coefficient (Wildman–Crippen LogP) is 2.20. The van der Waals surface area contributed by atoms with E-state index in [0.29, 0.717) is 29.9 Å². The first-order valence-electron chi connectivity index (χ1n) is 8.87. The molecule has 0 N–H and O–H groups in total. The van der Waals surface area contributed by atoms with Gasteiger partial charge in [0.15, 0.2) is 0 Å². The van der Waals surface area contributed by atoms with Gasteiger partial charge in [-0.2, -0.15) is 0 Å². The van der Waals surface area contributed by atoms with Gasteiger partial charge in [0.25, 0.3) is 5.56 Å². The van der Waals surface area contributed by atoms with Gasteiger partial charge in [-0.25, -0.2) is 4.68 Å². The maximum Gasteiger partial charge on any atom is 0.278 e. The summed E-state index contributed by atoms with van der Waals surface area (Å²) in [6, 6.07) is 17.5. The van der Waals surface area contributed by atoms with Gasteiger partial charge < -0.3 is 4.90 Å². The number of fused-ring (bicyclic) bond motifs is 1. The number of hydrogen-bond donors (Lipinski definition) is 0. The maximum atomic E-state index is 12.6. The van der Waals surface area contributed by atoms with Crippen molar-refractivity contribution < 1.29 is 4.79 Å². The van der Waals surface area contributed by atoms with Crippen LogP contribution in [0.15, 0.2) is 59.4 Å². The third-order valence-electron chi connectivity index (χ3n) is 5.03. The summed E-state index contributed by atoms with van der Waals surface area (Å²) in [7, 11) is 0. The molecule has 2 heterocycles. The van der Waals surface area contributed by atoms with E-state index in [0.717, 1.165) is 17.5 Å². The van der Waals surface area contributed by atoms with E-state index in [4.69, 9.17) is 0 Å². The van der Waals surface area contributed by atoms with Crippen LogP contribution in [0.1, 0.15) is 24.3 Å². The Kier molecular flexibility index (Phi) is 4.48. The van der Waals surface area contributed by atoms with Crippen molar-refractivity contribution in [2.24, 2.45) is 0 Å². The van der Waals surface area contributed by atoms with E-state index in [1.165, 1.54) is 5.56 Å². The average molecular weight is 348 g/mol. The van der Waals surface area contributed by atoms with Gasteiger partial charge in [0, 0.05) is 13.1 Å². The molecule has 1 aliphatic heterocycles. The highest BCUT2D eigenvalue weighted by atomic mass is 16.2. The molecule has 1 saturated heterocycles. The Morgan fingerprint density at radius 2 is 1.69 bits per heavy atom. The summed E-state index contributed by atoms with van der Waals surface area (Å²) >= 11 is 0. The molecular formula is C20H20N4O2. The first kappa shape index (κ1) is 16.4. The molecule has 0 atom stereocenters. The molecule has 0 aliphatic carbocycles. The number of amides is 1. The topological polar surface area (TPSA) is 68.1 Å². The number of piperidine rings is 1. The molecule has 1 amide bonds. The molecule has 0 spiro atoms. The van der Waals surface area contributed by atoms with Crippen molar-refractivity contribution in [3.8, 4) is 0 Å². The average Bonchev–Trinajstić information content (AvgIpc) is 2.71. The summed E-state index contributed by atoms with van der Waals surface area (Å²) in [5.41, 5.74) is 1.60. The largest absolute Gasteiger partial charge is 0.341 e. The van der Waals surface area contributed by atoms with Crippen LogP contribution in [0.25, 0.3) is 10.9 Å². The lowest BCUT2D eigenvalue weighted by atomic mass is 9.89. The quantitative estimate of drug-likeness (QED) is 0.728. The van der Waals surface area contributed by atoms with Gasteiger partial charge in [-0.1, -0.05) is 47.7 Å². The molecular weight excluding hydrogens is 328 g/mol. The summed E-state index contributed by atoms with van der Waals surface area (Å²) in [5, 5.41) is 8.43. The predicted molar refractivity (Wildman–Crippen MR) is 98.8 cm³/mol. The van der Waals surface area contributed by atoms with Crippen LogP contribution in [0.3, 0.4) is 0 Å². The van der Waals surface area contributed by atoms with Crippen LogP contribution >= 0.6 is 0 Å². The van der Waals surface area contributed by atoms with E-state index in [2.05, 4.69) is 34.6 Å². The van der Waals surface area contributed by atoms with Gasteiger partial charge in [-0.05, 0) is 36.5 Å². The molecule has 2 aromatic carbocycles. The van der Waals surface area contributed by atoms with Crippen LogP contribution in [0, 0.1) is 0 Å². The molecule has 0 bridgehead atoms. The van der Waals surface area contributed by atoms with Gasteiger partial charge in [0.05, 0.1) is 5.39 Å². The molecule has 6 heteroatoms. The van der Waals surface area contributed by atoms with E-state index in [1.807, 2.05) is 17.0 Å². The number of rotatable bonds is 3. The highest BCUT2D eigenvalue weighted by molar-refractivity contribution is 5.78. The number of aromatic nitrogens is 3. The van der Waals surface area contributed by atoms with Gasteiger partial charge in [0.2, 0.25) is 5.91 Å². The molecule has 0 radical (unpaired) electrons. The summed E-state index contributed by atoms with van der Waals surface area (Å²) in [6.07, 6.45) is 1.88. The van der Waals surface area contributed by atoms with Crippen LogP contribution < -0.4 is 5.56 Å². The van der Waals surface area contributed by atoms with Gasteiger partial charge in [0.1, 0.15) is 12.1 Å². The summed E-state index contributed by atoms with van der Waals surface area (Å²) in [4.78, 5) is 26.9. The van der Waals surface area contributed by atoms with E-state index >= 15 is 0 Å². The Bertz CT molecular complexity index is 976. The number of likely N-dealkylation sites (tertiary alicyclic amines) is 1. The molecule has 1 aromatic heterocycles. The summed E-state index contributed by atoms with van der Waals surface area (Å²) < 4.78 is 1.16. The lowest BCUT2D eigenvalue weighted by Gasteiger charge is -2.32. The first-order valence-corrected chi connectivity index (χ1v) is 8.87. The van der Waals surface area contributed by atoms with Gasteiger partial charge in [-0.3, -0.25) is 9.59 Å². The molecule has 3 aromatic rings.